The summed E-state index contributed by atoms with van der Waals surface area (Å²) in [5.74, 6) is 0. The molecule has 3 nitrogen and oxygen atoms in total. The van der Waals surface area contributed by atoms with Crippen molar-refractivity contribution in [3.05, 3.63) is 16.1 Å². The number of rotatable bonds is 8. The van der Waals surface area contributed by atoms with Gasteiger partial charge in [-0.05, 0) is 33.2 Å². The zero-order valence-electron chi connectivity index (χ0n) is 11.3. The van der Waals surface area contributed by atoms with Crippen molar-refractivity contribution in [2.24, 2.45) is 0 Å². The molecule has 4 heteroatoms. The van der Waals surface area contributed by atoms with Crippen molar-refractivity contribution >= 4 is 11.3 Å². The molecule has 0 spiro atoms. The molecule has 0 saturated carbocycles. The average molecular weight is 256 g/mol. The van der Waals surface area contributed by atoms with Gasteiger partial charge in [0.2, 0.25) is 0 Å². The number of nitrogens with zero attached hydrogens (tertiary/aromatic N) is 1. The number of thiazole rings is 1. The predicted molar refractivity (Wildman–Crippen MR) is 73.6 cm³/mol. The molecule has 0 aromatic carbocycles. The van der Waals surface area contributed by atoms with Gasteiger partial charge in [-0.1, -0.05) is 13.8 Å². The maximum Gasteiger partial charge on any atom is 0.121 e. The van der Waals surface area contributed by atoms with Gasteiger partial charge in [0.05, 0.1) is 5.69 Å². The van der Waals surface area contributed by atoms with Crippen molar-refractivity contribution in [3.63, 3.8) is 0 Å². The summed E-state index contributed by atoms with van der Waals surface area (Å²) >= 11 is 1.71. The average Bonchev–Trinajstić information content (AvgIpc) is 2.73. The van der Waals surface area contributed by atoms with Crippen molar-refractivity contribution in [1.82, 2.24) is 10.3 Å². The highest BCUT2D eigenvalue weighted by Crippen LogP contribution is 2.21. The Morgan fingerprint density at radius 1 is 1.41 bits per heavy atom. The predicted octanol–water partition coefficient (Wildman–Crippen LogP) is 3.17. The lowest BCUT2D eigenvalue weighted by Gasteiger charge is -2.07. The molecule has 98 valence electrons. The van der Waals surface area contributed by atoms with Crippen molar-refractivity contribution in [2.75, 3.05) is 13.2 Å². The van der Waals surface area contributed by atoms with Crippen LogP contribution in [0.5, 0.6) is 0 Å². The molecule has 17 heavy (non-hydrogen) atoms. The van der Waals surface area contributed by atoms with E-state index < -0.39 is 0 Å². The van der Waals surface area contributed by atoms with E-state index in [0.717, 1.165) is 31.0 Å². The van der Waals surface area contributed by atoms with Crippen LogP contribution >= 0.6 is 11.3 Å². The number of ether oxygens (including phenoxy) is 1. The third-order valence-electron chi connectivity index (χ3n) is 2.50. The number of aromatic nitrogens is 1. The number of aryl methyl sites for hydroxylation is 1. The fourth-order valence-electron chi connectivity index (χ4n) is 1.61. The molecule has 0 bridgehead atoms. The van der Waals surface area contributed by atoms with Crippen molar-refractivity contribution in [1.29, 1.82) is 0 Å². The largest absolute Gasteiger partial charge is 0.372 e. The molecular weight excluding hydrogens is 232 g/mol. The summed E-state index contributed by atoms with van der Waals surface area (Å²) in [4.78, 5) is 4.61. The maximum absolute atomic E-state index is 5.53. The standard InChI is InChI=1S/C13H24N2OS/c1-5-16-11(4)13-15-12(9-17-13)7-6-8-14-10(2)3/h9-11,14H,5-8H2,1-4H3. The van der Waals surface area contributed by atoms with Crippen molar-refractivity contribution in [2.45, 2.75) is 52.7 Å². The normalized spacial score (nSPS) is 13.2. The maximum atomic E-state index is 5.53. The summed E-state index contributed by atoms with van der Waals surface area (Å²) in [5.41, 5.74) is 1.20. The molecular formula is C13H24N2OS. The van der Waals surface area contributed by atoms with Gasteiger partial charge in [0, 0.05) is 18.0 Å². The first-order chi connectivity index (χ1) is 8.13. The second-order valence-corrected chi connectivity index (χ2v) is 5.38. The molecule has 1 aromatic heterocycles. The summed E-state index contributed by atoms with van der Waals surface area (Å²) in [7, 11) is 0. The van der Waals surface area contributed by atoms with Crippen LogP contribution in [0.2, 0.25) is 0 Å². The van der Waals surface area contributed by atoms with Gasteiger partial charge in [0.15, 0.2) is 0 Å². The molecule has 0 radical (unpaired) electrons. The highest BCUT2D eigenvalue weighted by atomic mass is 32.1. The van der Waals surface area contributed by atoms with Gasteiger partial charge in [0.1, 0.15) is 11.1 Å². The lowest BCUT2D eigenvalue weighted by molar-refractivity contribution is 0.0761. The Hall–Kier alpha value is -0.450. The Bertz CT molecular complexity index is 312. The van der Waals surface area contributed by atoms with E-state index in [1.807, 2.05) is 6.92 Å². The third kappa shape index (κ3) is 5.61. The van der Waals surface area contributed by atoms with Crippen LogP contribution in [-0.2, 0) is 11.2 Å². The molecule has 1 aromatic rings. The molecule has 0 aliphatic rings. The highest BCUT2D eigenvalue weighted by molar-refractivity contribution is 7.09. The minimum atomic E-state index is 0.132. The first-order valence-corrected chi connectivity index (χ1v) is 7.30. The van der Waals surface area contributed by atoms with E-state index in [1.54, 1.807) is 11.3 Å². The first-order valence-electron chi connectivity index (χ1n) is 6.42. The molecule has 1 atom stereocenters. The van der Waals surface area contributed by atoms with Crippen LogP contribution in [0.15, 0.2) is 5.38 Å². The fourth-order valence-corrected chi connectivity index (χ4v) is 2.46. The minimum Gasteiger partial charge on any atom is -0.372 e. The monoisotopic (exact) mass is 256 g/mol. The van der Waals surface area contributed by atoms with Crippen LogP contribution in [0, 0.1) is 0 Å². The molecule has 1 N–H and O–H groups in total. The minimum absolute atomic E-state index is 0.132. The lowest BCUT2D eigenvalue weighted by atomic mass is 10.2. The van der Waals surface area contributed by atoms with Crippen LogP contribution in [0.25, 0.3) is 0 Å². The number of hydrogen-bond acceptors (Lipinski definition) is 4. The fraction of sp³-hybridized carbons (Fsp3) is 0.769. The van der Waals surface area contributed by atoms with Crippen molar-refractivity contribution < 1.29 is 4.74 Å². The zero-order chi connectivity index (χ0) is 12.7. The second-order valence-electron chi connectivity index (χ2n) is 4.49. The van der Waals surface area contributed by atoms with Crippen LogP contribution in [0.1, 0.15) is 50.9 Å². The van der Waals surface area contributed by atoms with E-state index in [9.17, 15) is 0 Å². The van der Waals surface area contributed by atoms with Crippen LogP contribution in [0.4, 0.5) is 0 Å². The van der Waals surface area contributed by atoms with Gasteiger partial charge < -0.3 is 10.1 Å². The Morgan fingerprint density at radius 3 is 2.82 bits per heavy atom. The quantitative estimate of drug-likeness (QED) is 0.725. The van der Waals surface area contributed by atoms with Crippen molar-refractivity contribution in [3.8, 4) is 0 Å². The van der Waals surface area contributed by atoms with E-state index in [-0.39, 0.29) is 6.10 Å². The van der Waals surface area contributed by atoms with E-state index in [1.165, 1.54) is 5.69 Å². The second kappa shape index (κ2) is 7.80. The highest BCUT2D eigenvalue weighted by Gasteiger charge is 2.09. The molecule has 0 amide bonds. The Labute approximate surface area is 109 Å². The molecule has 0 aliphatic heterocycles. The number of hydrogen-bond donors (Lipinski definition) is 1. The SMILES string of the molecule is CCOC(C)c1nc(CCCNC(C)C)cs1. The topological polar surface area (TPSA) is 34.1 Å². The lowest BCUT2D eigenvalue weighted by Crippen LogP contribution is -2.23. The third-order valence-corrected chi connectivity index (χ3v) is 3.55. The van der Waals surface area contributed by atoms with Crippen LogP contribution < -0.4 is 5.32 Å². The summed E-state index contributed by atoms with van der Waals surface area (Å²) < 4.78 is 5.53. The Balaban J connectivity index is 2.30. The van der Waals surface area contributed by atoms with Gasteiger partial charge in [-0.3, -0.25) is 0 Å². The molecule has 0 fully saturated rings. The van der Waals surface area contributed by atoms with Gasteiger partial charge >= 0.3 is 0 Å². The molecule has 0 saturated heterocycles. The number of nitrogens with one attached hydrogen (secondary N) is 1. The molecule has 0 aliphatic carbocycles. The van der Waals surface area contributed by atoms with Gasteiger partial charge in [-0.25, -0.2) is 4.98 Å². The van der Waals surface area contributed by atoms with Gasteiger partial charge in [0.25, 0.3) is 0 Å². The van der Waals surface area contributed by atoms with Crippen LogP contribution in [0.3, 0.4) is 0 Å². The molecule has 1 unspecified atom stereocenters. The summed E-state index contributed by atoms with van der Waals surface area (Å²) in [6.45, 7) is 10.2. The first kappa shape index (κ1) is 14.6. The zero-order valence-corrected chi connectivity index (χ0v) is 12.1. The molecule has 1 rings (SSSR count). The van der Waals surface area contributed by atoms with Gasteiger partial charge in [-0.15, -0.1) is 11.3 Å². The van der Waals surface area contributed by atoms with E-state index in [2.05, 4.69) is 36.5 Å². The molecule has 1 heterocycles. The Morgan fingerprint density at radius 2 is 2.18 bits per heavy atom. The van der Waals surface area contributed by atoms with Crippen LogP contribution in [-0.4, -0.2) is 24.2 Å². The van der Waals surface area contributed by atoms with E-state index >= 15 is 0 Å². The summed E-state index contributed by atoms with van der Waals surface area (Å²) in [5, 5.41) is 6.67. The summed E-state index contributed by atoms with van der Waals surface area (Å²) in [6.07, 6.45) is 2.33. The van der Waals surface area contributed by atoms with Gasteiger partial charge in [-0.2, -0.15) is 0 Å². The smallest absolute Gasteiger partial charge is 0.121 e. The summed E-state index contributed by atoms with van der Waals surface area (Å²) in [6, 6.07) is 0.568. The Kier molecular flexibility index (Phi) is 6.70. The van der Waals surface area contributed by atoms with E-state index in [4.69, 9.17) is 4.74 Å². The van der Waals surface area contributed by atoms with E-state index in [0.29, 0.717) is 6.04 Å².